The lowest BCUT2D eigenvalue weighted by atomic mass is 10.1. The molecule has 0 aliphatic heterocycles. The first kappa shape index (κ1) is 17.0. The normalized spacial score (nSPS) is 10.9. The zero-order valence-electron chi connectivity index (χ0n) is 15.2. The molecule has 0 aliphatic rings. The fourth-order valence-corrected chi connectivity index (χ4v) is 2.83. The van der Waals surface area contributed by atoms with Gasteiger partial charge < -0.3 is 14.0 Å². The molecule has 0 bridgehead atoms. The van der Waals surface area contributed by atoms with Crippen molar-refractivity contribution in [1.82, 2.24) is 15.1 Å². The minimum atomic E-state index is 0.406. The van der Waals surface area contributed by atoms with E-state index < -0.39 is 0 Å². The summed E-state index contributed by atoms with van der Waals surface area (Å²) >= 11 is 0. The molecule has 0 atom stereocenters. The van der Waals surface area contributed by atoms with Crippen LogP contribution < -0.4 is 9.47 Å². The molecule has 4 rings (SSSR count). The van der Waals surface area contributed by atoms with Crippen LogP contribution in [0.15, 0.2) is 59.3 Å². The second kappa shape index (κ2) is 7.45. The lowest BCUT2D eigenvalue weighted by molar-refractivity contribution is 0.288. The van der Waals surface area contributed by atoms with E-state index in [4.69, 9.17) is 14.0 Å². The molecule has 0 fully saturated rings. The molecule has 2 aromatic heterocycles. The van der Waals surface area contributed by atoms with Gasteiger partial charge in [-0.3, -0.25) is 4.98 Å². The smallest absolute Gasteiger partial charge is 0.258 e. The van der Waals surface area contributed by atoms with Crippen LogP contribution in [0, 0.1) is 0 Å². The van der Waals surface area contributed by atoms with E-state index in [-0.39, 0.29) is 0 Å². The van der Waals surface area contributed by atoms with Gasteiger partial charge in [-0.05, 0) is 43.5 Å². The number of hydrogen-bond acceptors (Lipinski definition) is 6. The standard InChI is InChI=1S/C21H19N3O3/c1-3-25-18-10-9-15(12-19(18)26-4-2)21-23-20(24-27-21)17-11-14-7-5-6-8-16(14)13-22-17/h5-13H,3-4H2,1-2H3. The molecular weight excluding hydrogens is 342 g/mol. The molecule has 136 valence electrons. The average molecular weight is 361 g/mol. The van der Waals surface area contributed by atoms with Gasteiger partial charge in [0.2, 0.25) is 5.82 Å². The lowest BCUT2D eigenvalue weighted by Crippen LogP contribution is -1.98. The van der Waals surface area contributed by atoms with E-state index in [2.05, 4.69) is 15.1 Å². The molecule has 6 nitrogen and oxygen atoms in total. The van der Waals surface area contributed by atoms with E-state index in [1.807, 2.05) is 68.6 Å². The SMILES string of the molecule is CCOc1ccc(-c2nc(-c3cc4ccccc4cn3)no2)cc1OCC. The summed E-state index contributed by atoms with van der Waals surface area (Å²) in [5.41, 5.74) is 1.43. The zero-order chi connectivity index (χ0) is 18.6. The van der Waals surface area contributed by atoms with Crippen molar-refractivity contribution in [2.24, 2.45) is 0 Å². The van der Waals surface area contributed by atoms with Gasteiger partial charge >= 0.3 is 0 Å². The van der Waals surface area contributed by atoms with Crippen molar-refractivity contribution < 1.29 is 14.0 Å². The van der Waals surface area contributed by atoms with E-state index >= 15 is 0 Å². The molecule has 0 saturated carbocycles. The summed E-state index contributed by atoms with van der Waals surface area (Å²) in [5, 5.41) is 6.23. The van der Waals surface area contributed by atoms with Crippen LogP contribution in [0.2, 0.25) is 0 Å². The molecule has 27 heavy (non-hydrogen) atoms. The quantitative estimate of drug-likeness (QED) is 0.494. The van der Waals surface area contributed by atoms with Gasteiger partial charge in [-0.15, -0.1) is 0 Å². The van der Waals surface area contributed by atoms with E-state index in [9.17, 15) is 0 Å². The molecular formula is C21H19N3O3. The van der Waals surface area contributed by atoms with Crippen molar-refractivity contribution in [1.29, 1.82) is 0 Å². The van der Waals surface area contributed by atoms with Crippen molar-refractivity contribution in [3.05, 3.63) is 54.7 Å². The van der Waals surface area contributed by atoms with Crippen LogP contribution >= 0.6 is 0 Å². The summed E-state index contributed by atoms with van der Waals surface area (Å²) in [4.78, 5) is 8.94. The van der Waals surface area contributed by atoms with Crippen molar-refractivity contribution in [3.8, 4) is 34.5 Å². The Kier molecular flexibility index (Phi) is 4.70. The molecule has 0 amide bonds. The van der Waals surface area contributed by atoms with Gasteiger partial charge in [0, 0.05) is 17.1 Å². The first-order valence-electron chi connectivity index (χ1n) is 8.87. The number of fused-ring (bicyclic) bond motifs is 1. The maximum absolute atomic E-state index is 5.66. The molecule has 0 N–H and O–H groups in total. The number of benzene rings is 2. The summed E-state index contributed by atoms with van der Waals surface area (Å²) < 4.78 is 16.7. The van der Waals surface area contributed by atoms with Crippen LogP contribution in [-0.4, -0.2) is 28.3 Å². The predicted molar refractivity (Wildman–Crippen MR) is 103 cm³/mol. The third kappa shape index (κ3) is 3.46. The minimum absolute atomic E-state index is 0.406. The summed E-state index contributed by atoms with van der Waals surface area (Å²) in [7, 11) is 0. The highest BCUT2D eigenvalue weighted by Gasteiger charge is 2.15. The van der Waals surface area contributed by atoms with Gasteiger partial charge in [0.25, 0.3) is 5.89 Å². The summed E-state index contributed by atoms with van der Waals surface area (Å²) in [5.74, 6) is 2.20. The molecule has 4 aromatic rings. The molecule has 0 spiro atoms. The van der Waals surface area contributed by atoms with E-state index in [1.165, 1.54) is 0 Å². The summed E-state index contributed by atoms with van der Waals surface area (Å²) in [6, 6.07) is 15.5. The molecule has 6 heteroatoms. The number of hydrogen-bond donors (Lipinski definition) is 0. The van der Waals surface area contributed by atoms with Gasteiger partial charge in [-0.25, -0.2) is 0 Å². The number of nitrogens with zero attached hydrogens (tertiary/aromatic N) is 3. The molecule has 0 saturated heterocycles. The maximum atomic E-state index is 5.66. The lowest BCUT2D eigenvalue weighted by Gasteiger charge is -2.11. The number of rotatable bonds is 6. The van der Waals surface area contributed by atoms with E-state index in [0.717, 1.165) is 16.3 Å². The summed E-state index contributed by atoms with van der Waals surface area (Å²) in [6.07, 6.45) is 1.81. The van der Waals surface area contributed by atoms with Crippen LogP contribution in [0.4, 0.5) is 0 Å². The minimum Gasteiger partial charge on any atom is -0.490 e. The topological polar surface area (TPSA) is 70.3 Å². The average Bonchev–Trinajstić information content (AvgIpc) is 3.19. The maximum Gasteiger partial charge on any atom is 0.258 e. The Morgan fingerprint density at radius 2 is 1.67 bits per heavy atom. The van der Waals surface area contributed by atoms with Crippen molar-refractivity contribution in [2.45, 2.75) is 13.8 Å². The molecule has 0 radical (unpaired) electrons. The van der Waals surface area contributed by atoms with Gasteiger partial charge in [0.1, 0.15) is 5.69 Å². The first-order valence-corrected chi connectivity index (χ1v) is 8.87. The predicted octanol–water partition coefficient (Wildman–Crippen LogP) is 4.75. The van der Waals surface area contributed by atoms with Gasteiger partial charge in [-0.1, -0.05) is 29.4 Å². The second-order valence-electron chi connectivity index (χ2n) is 5.87. The fraction of sp³-hybridized carbons (Fsp3) is 0.190. The highest BCUT2D eigenvalue weighted by molar-refractivity contribution is 5.84. The Hall–Kier alpha value is -3.41. The number of pyridine rings is 1. The van der Waals surface area contributed by atoms with Gasteiger partial charge in [-0.2, -0.15) is 4.98 Å². The van der Waals surface area contributed by atoms with Gasteiger partial charge in [0.05, 0.1) is 13.2 Å². The molecule has 0 unspecified atom stereocenters. The van der Waals surface area contributed by atoms with Crippen molar-refractivity contribution in [2.75, 3.05) is 13.2 Å². The molecule has 0 aliphatic carbocycles. The summed E-state index contributed by atoms with van der Waals surface area (Å²) in [6.45, 7) is 4.97. The molecule has 2 aromatic carbocycles. The Balaban J connectivity index is 1.68. The second-order valence-corrected chi connectivity index (χ2v) is 5.87. The largest absolute Gasteiger partial charge is 0.490 e. The number of aromatic nitrogens is 3. The molecule has 2 heterocycles. The first-order chi connectivity index (χ1) is 13.3. The van der Waals surface area contributed by atoms with Crippen molar-refractivity contribution in [3.63, 3.8) is 0 Å². The number of ether oxygens (including phenoxy) is 2. The monoisotopic (exact) mass is 361 g/mol. The highest BCUT2D eigenvalue weighted by Crippen LogP contribution is 2.33. The van der Waals surface area contributed by atoms with Gasteiger partial charge in [0.15, 0.2) is 11.5 Å². The van der Waals surface area contributed by atoms with Crippen LogP contribution in [-0.2, 0) is 0 Å². The van der Waals surface area contributed by atoms with Crippen LogP contribution in [0.3, 0.4) is 0 Å². The third-order valence-electron chi connectivity index (χ3n) is 4.08. The zero-order valence-corrected chi connectivity index (χ0v) is 15.2. The third-order valence-corrected chi connectivity index (χ3v) is 4.08. The highest BCUT2D eigenvalue weighted by atomic mass is 16.5. The Labute approximate surface area is 156 Å². The van der Waals surface area contributed by atoms with Crippen LogP contribution in [0.1, 0.15) is 13.8 Å². The van der Waals surface area contributed by atoms with E-state index in [0.29, 0.717) is 42.1 Å². The Morgan fingerprint density at radius 3 is 2.48 bits per heavy atom. The Morgan fingerprint density at radius 1 is 0.889 bits per heavy atom. The van der Waals surface area contributed by atoms with Crippen LogP contribution in [0.5, 0.6) is 11.5 Å². The Bertz CT molecular complexity index is 1080. The van der Waals surface area contributed by atoms with Crippen LogP contribution in [0.25, 0.3) is 33.7 Å². The van der Waals surface area contributed by atoms with Crippen molar-refractivity contribution >= 4 is 10.8 Å². The van der Waals surface area contributed by atoms with E-state index in [1.54, 1.807) is 0 Å². The fourth-order valence-electron chi connectivity index (χ4n) is 2.83.